The van der Waals surface area contributed by atoms with Crippen molar-refractivity contribution in [2.45, 2.75) is 31.5 Å². The predicted octanol–water partition coefficient (Wildman–Crippen LogP) is 1.71. The van der Waals surface area contributed by atoms with E-state index in [0.29, 0.717) is 13.0 Å². The number of nitrogens with two attached hydrogens (primary N) is 1. The zero-order valence-electron chi connectivity index (χ0n) is 10.5. The second-order valence-corrected chi connectivity index (χ2v) is 4.90. The lowest BCUT2D eigenvalue weighted by Crippen LogP contribution is -2.64. The van der Waals surface area contributed by atoms with Crippen molar-refractivity contribution in [2.24, 2.45) is 5.73 Å². The molecule has 0 heterocycles. The van der Waals surface area contributed by atoms with Crippen LogP contribution in [0.15, 0.2) is 18.2 Å². The number of carbonyl (C=O) groups excluding carboxylic acids is 1. The first-order valence-corrected chi connectivity index (χ1v) is 6.54. The van der Waals surface area contributed by atoms with E-state index in [1.165, 1.54) is 18.2 Å². The summed E-state index contributed by atoms with van der Waals surface area (Å²) in [5, 5.41) is 2.77. The van der Waals surface area contributed by atoms with Crippen LogP contribution in [0.1, 0.15) is 23.7 Å². The molecule has 1 aliphatic rings. The van der Waals surface area contributed by atoms with Crippen LogP contribution in [-0.4, -0.2) is 30.7 Å². The van der Waals surface area contributed by atoms with Gasteiger partial charge in [0.05, 0.1) is 22.7 Å². The molecule has 1 aromatic carbocycles. The number of amides is 1. The van der Waals surface area contributed by atoms with E-state index in [9.17, 15) is 9.18 Å². The number of carbonyl (C=O) groups is 1. The van der Waals surface area contributed by atoms with Gasteiger partial charge in [-0.15, -0.1) is 0 Å². The number of halogens is 2. The van der Waals surface area contributed by atoms with E-state index in [4.69, 9.17) is 22.1 Å². The minimum Gasteiger partial charge on any atom is -0.376 e. The van der Waals surface area contributed by atoms with Crippen LogP contribution in [0, 0.1) is 5.82 Å². The van der Waals surface area contributed by atoms with Crippen LogP contribution in [0.2, 0.25) is 5.02 Å². The molecule has 3 unspecified atom stereocenters. The molecule has 0 aromatic heterocycles. The Bertz CT molecular complexity index is 461. The fourth-order valence-corrected chi connectivity index (χ4v) is 2.41. The third-order valence-corrected chi connectivity index (χ3v) is 3.55. The van der Waals surface area contributed by atoms with E-state index in [2.05, 4.69) is 5.32 Å². The van der Waals surface area contributed by atoms with Crippen LogP contribution < -0.4 is 11.1 Å². The quantitative estimate of drug-likeness (QED) is 0.886. The Hall–Kier alpha value is -1.17. The van der Waals surface area contributed by atoms with Gasteiger partial charge in [0.15, 0.2) is 0 Å². The normalized spacial score (nSPS) is 25.8. The largest absolute Gasteiger partial charge is 0.376 e. The molecule has 1 amide bonds. The average molecular weight is 287 g/mol. The monoisotopic (exact) mass is 286 g/mol. The van der Waals surface area contributed by atoms with E-state index >= 15 is 0 Å². The van der Waals surface area contributed by atoms with E-state index in [1.807, 2.05) is 6.92 Å². The van der Waals surface area contributed by atoms with Crippen molar-refractivity contribution in [2.75, 3.05) is 6.61 Å². The van der Waals surface area contributed by atoms with Gasteiger partial charge in [-0.3, -0.25) is 4.79 Å². The smallest absolute Gasteiger partial charge is 0.256 e. The van der Waals surface area contributed by atoms with Crippen LogP contribution in [0.3, 0.4) is 0 Å². The predicted molar refractivity (Wildman–Crippen MR) is 70.7 cm³/mol. The van der Waals surface area contributed by atoms with Gasteiger partial charge in [-0.2, -0.15) is 0 Å². The Kier molecular flexibility index (Phi) is 4.39. The number of nitrogens with one attached hydrogen (secondary N) is 1. The van der Waals surface area contributed by atoms with Gasteiger partial charge in [0.1, 0.15) is 5.82 Å². The van der Waals surface area contributed by atoms with Gasteiger partial charge in [-0.25, -0.2) is 4.39 Å². The first-order chi connectivity index (χ1) is 9.04. The summed E-state index contributed by atoms with van der Waals surface area (Å²) in [6, 6.07) is 3.64. The van der Waals surface area contributed by atoms with Gasteiger partial charge >= 0.3 is 0 Å². The molecule has 4 nitrogen and oxygen atoms in total. The van der Waals surface area contributed by atoms with E-state index < -0.39 is 11.7 Å². The van der Waals surface area contributed by atoms with Crippen LogP contribution in [0.4, 0.5) is 4.39 Å². The molecule has 1 aromatic rings. The fourth-order valence-electron chi connectivity index (χ4n) is 2.17. The second kappa shape index (κ2) is 5.86. The third-order valence-electron chi connectivity index (χ3n) is 3.23. The summed E-state index contributed by atoms with van der Waals surface area (Å²) in [5.74, 6) is -1.21. The summed E-state index contributed by atoms with van der Waals surface area (Å²) < 4.78 is 19.0. The Morgan fingerprint density at radius 2 is 2.37 bits per heavy atom. The third kappa shape index (κ3) is 2.88. The zero-order valence-corrected chi connectivity index (χ0v) is 11.3. The number of rotatable bonds is 4. The van der Waals surface area contributed by atoms with E-state index in [1.54, 1.807) is 0 Å². The number of ether oxygens (including phenoxy) is 1. The summed E-state index contributed by atoms with van der Waals surface area (Å²) in [6.07, 6.45) is 0.568. The van der Waals surface area contributed by atoms with Crippen molar-refractivity contribution in [3.05, 3.63) is 34.6 Å². The van der Waals surface area contributed by atoms with Crippen molar-refractivity contribution in [3.8, 4) is 0 Å². The minimum absolute atomic E-state index is 0.0818. The van der Waals surface area contributed by atoms with Gasteiger partial charge in [0.25, 0.3) is 5.91 Å². The van der Waals surface area contributed by atoms with Crippen LogP contribution in [0.25, 0.3) is 0 Å². The van der Waals surface area contributed by atoms with Crippen LogP contribution in [0.5, 0.6) is 0 Å². The summed E-state index contributed by atoms with van der Waals surface area (Å²) in [7, 11) is 0. The Morgan fingerprint density at radius 3 is 2.95 bits per heavy atom. The lowest BCUT2D eigenvalue weighted by atomic mass is 9.83. The van der Waals surface area contributed by atoms with Gasteiger partial charge in [0, 0.05) is 12.6 Å². The van der Waals surface area contributed by atoms with E-state index in [0.717, 1.165) is 0 Å². The summed E-state index contributed by atoms with van der Waals surface area (Å²) in [4.78, 5) is 12.0. The van der Waals surface area contributed by atoms with Crippen molar-refractivity contribution in [1.29, 1.82) is 0 Å². The average Bonchev–Trinajstić information content (AvgIpc) is 2.36. The highest BCUT2D eigenvalue weighted by Crippen LogP contribution is 2.24. The SMILES string of the molecule is CCOC1CC(N)C1NC(=O)c1c(F)cccc1Cl. The zero-order chi connectivity index (χ0) is 14.0. The molecule has 1 aliphatic carbocycles. The first-order valence-electron chi connectivity index (χ1n) is 6.16. The van der Waals surface area contributed by atoms with Crippen molar-refractivity contribution >= 4 is 17.5 Å². The van der Waals surface area contributed by atoms with Gasteiger partial charge in [0.2, 0.25) is 0 Å². The molecular weight excluding hydrogens is 271 g/mol. The molecule has 104 valence electrons. The molecule has 3 atom stereocenters. The molecule has 0 aliphatic heterocycles. The summed E-state index contributed by atoms with van der Waals surface area (Å²) in [5.41, 5.74) is 5.67. The molecule has 1 saturated carbocycles. The minimum atomic E-state index is -0.647. The highest BCUT2D eigenvalue weighted by atomic mass is 35.5. The highest BCUT2D eigenvalue weighted by molar-refractivity contribution is 6.33. The van der Waals surface area contributed by atoms with Gasteiger partial charge in [-0.05, 0) is 25.5 Å². The maximum Gasteiger partial charge on any atom is 0.256 e. The first kappa shape index (κ1) is 14.2. The molecule has 0 radical (unpaired) electrons. The molecule has 1 fully saturated rings. The Labute approximate surface area is 116 Å². The standard InChI is InChI=1S/C13H16ClFN2O2/c1-2-19-10-6-9(16)12(10)17-13(18)11-7(14)4-3-5-8(11)15/h3-5,9-10,12H,2,6,16H2,1H3,(H,17,18). The lowest BCUT2D eigenvalue weighted by Gasteiger charge is -2.42. The molecule has 0 bridgehead atoms. The highest BCUT2D eigenvalue weighted by Gasteiger charge is 2.40. The molecular formula is C13H16ClFN2O2. The molecule has 19 heavy (non-hydrogen) atoms. The summed E-state index contributed by atoms with van der Waals surface area (Å²) >= 11 is 5.84. The van der Waals surface area contributed by atoms with Gasteiger partial charge < -0.3 is 15.8 Å². The van der Waals surface area contributed by atoms with Crippen LogP contribution >= 0.6 is 11.6 Å². The lowest BCUT2D eigenvalue weighted by molar-refractivity contribution is -0.0300. The van der Waals surface area contributed by atoms with Crippen LogP contribution in [-0.2, 0) is 4.74 Å². The second-order valence-electron chi connectivity index (χ2n) is 4.49. The Balaban J connectivity index is 2.09. The van der Waals surface area contributed by atoms with Crippen molar-refractivity contribution < 1.29 is 13.9 Å². The maximum atomic E-state index is 13.6. The maximum absolute atomic E-state index is 13.6. The molecule has 0 spiro atoms. The van der Waals surface area contributed by atoms with Gasteiger partial charge in [-0.1, -0.05) is 17.7 Å². The molecule has 2 rings (SSSR count). The Morgan fingerprint density at radius 1 is 1.63 bits per heavy atom. The fraction of sp³-hybridized carbons (Fsp3) is 0.462. The molecule has 0 saturated heterocycles. The van der Waals surface area contributed by atoms with E-state index in [-0.39, 0.29) is 28.8 Å². The number of hydrogen-bond acceptors (Lipinski definition) is 3. The van der Waals surface area contributed by atoms with Crippen molar-refractivity contribution in [3.63, 3.8) is 0 Å². The summed E-state index contributed by atoms with van der Waals surface area (Å²) in [6.45, 7) is 2.42. The topological polar surface area (TPSA) is 64.3 Å². The van der Waals surface area contributed by atoms with Crippen molar-refractivity contribution in [1.82, 2.24) is 5.32 Å². The number of benzene rings is 1. The molecule has 6 heteroatoms. The molecule has 3 N–H and O–H groups in total. The number of hydrogen-bond donors (Lipinski definition) is 2.